The van der Waals surface area contributed by atoms with Gasteiger partial charge in [0.05, 0.1) is 53.3 Å². The van der Waals surface area contributed by atoms with Gasteiger partial charge >= 0.3 is 24.7 Å². The molecule has 0 aliphatic heterocycles. The van der Waals surface area contributed by atoms with Crippen LogP contribution in [0.4, 0.5) is 64.1 Å². The van der Waals surface area contributed by atoms with Gasteiger partial charge in [0.15, 0.2) is 0 Å². The molecule has 334 valence electrons. The number of hydrogen-bond acceptors (Lipinski definition) is 8. The molecular formula is C40H18Cl2F12N2O6S2. The van der Waals surface area contributed by atoms with Gasteiger partial charge in [0, 0.05) is 33.1 Å². The third-order valence-electron chi connectivity index (χ3n) is 8.73. The van der Waals surface area contributed by atoms with E-state index in [0.29, 0.717) is 58.0 Å². The van der Waals surface area contributed by atoms with Crippen molar-refractivity contribution in [2.45, 2.75) is 34.5 Å². The summed E-state index contributed by atoms with van der Waals surface area (Å²) in [6, 6.07) is 13.7. The molecule has 64 heavy (non-hydrogen) atoms. The Morgan fingerprint density at radius 3 is 1.12 bits per heavy atom. The van der Waals surface area contributed by atoms with E-state index in [1.807, 2.05) is 0 Å². The highest BCUT2D eigenvalue weighted by molar-refractivity contribution is 8.76. The Morgan fingerprint density at radius 2 is 0.828 bits per heavy atom. The van der Waals surface area contributed by atoms with Crippen LogP contribution in [0.2, 0.25) is 10.0 Å². The summed E-state index contributed by atoms with van der Waals surface area (Å²) in [5.41, 5.74) is -10.4. The van der Waals surface area contributed by atoms with Crippen LogP contribution in [-0.4, -0.2) is 9.85 Å². The van der Waals surface area contributed by atoms with Crippen molar-refractivity contribution in [2.24, 2.45) is 0 Å². The first-order chi connectivity index (χ1) is 29.7. The largest absolute Gasteiger partial charge is 0.456 e. The second-order valence-electron chi connectivity index (χ2n) is 12.9. The molecule has 0 heterocycles. The van der Waals surface area contributed by atoms with E-state index in [-0.39, 0.29) is 0 Å². The molecule has 0 bridgehead atoms. The number of nitrogens with zero attached hydrogens (tertiary/aromatic N) is 2. The summed E-state index contributed by atoms with van der Waals surface area (Å²) in [5.74, 6) is -1.72. The van der Waals surface area contributed by atoms with Crippen LogP contribution >= 0.6 is 44.8 Å². The molecule has 0 aliphatic carbocycles. The number of nitro benzene ring substituents is 2. The van der Waals surface area contributed by atoms with Crippen molar-refractivity contribution in [1.29, 1.82) is 0 Å². The van der Waals surface area contributed by atoms with Crippen molar-refractivity contribution >= 4 is 56.2 Å². The van der Waals surface area contributed by atoms with Crippen molar-refractivity contribution < 1.29 is 72.0 Å². The molecule has 0 unspecified atom stereocenters. The molecule has 0 radical (unpaired) electrons. The lowest BCUT2D eigenvalue weighted by molar-refractivity contribution is -0.384. The van der Waals surface area contributed by atoms with Gasteiger partial charge in [0.25, 0.3) is 11.4 Å². The summed E-state index contributed by atoms with van der Waals surface area (Å²) in [4.78, 5) is 21.5. The van der Waals surface area contributed by atoms with E-state index in [2.05, 4.69) is 0 Å². The summed E-state index contributed by atoms with van der Waals surface area (Å²) < 4.78 is 179. The Morgan fingerprint density at radius 1 is 0.469 bits per heavy atom. The Bertz CT molecular complexity index is 2610. The lowest BCUT2D eigenvalue weighted by atomic mass is 9.97. The number of nitro groups is 2. The molecule has 0 spiro atoms. The minimum Gasteiger partial charge on any atom is -0.456 e. The maximum absolute atomic E-state index is 14.7. The predicted molar refractivity (Wildman–Crippen MR) is 212 cm³/mol. The molecule has 6 aromatic carbocycles. The first-order valence-corrected chi connectivity index (χ1v) is 20.1. The zero-order valence-corrected chi connectivity index (χ0v) is 34.0. The molecule has 6 rings (SSSR count). The monoisotopic (exact) mass is 984 g/mol. The molecule has 0 amide bonds. The van der Waals surface area contributed by atoms with Crippen LogP contribution in [-0.2, 0) is 24.7 Å². The molecule has 0 N–H and O–H groups in total. The predicted octanol–water partition coefficient (Wildman–Crippen LogP) is 16.6. The number of ether oxygens (including phenoxy) is 2. The van der Waals surface area contributed by atoms with Gasteiger partial charge in [-0.1, -0.05) is 56.9 Å². The van der Waals surface area contributed by atoms with E-state index < -0.39 is 133 Å². The molecule has 24 heteroatoms. The van der Waals surface area contributed by atoms with Crippen LogP contribution in [0.3, 0.4) is 0 Å². The molecule has 8 nitrogen and oxygen atoms in total. The maximum atomic E-state index is 14.7. The topological polar surface area (TPSA) is 105 Å². The fourth-order valence-electron chi connectivity index (χ4n) is 5.97. The quantitative estimate of drug-likeness (QED) is 0.0547. The summed E-state index contributed by atoms with van der Waals surface area (Å²) in [6.45, 7) is 0. The van der Waals surface area contributed by atoms with E-state index in [1.54, 1.807) is 0 Å². The van der Waals surface area contributed by atoms with Gasteiger partial charge in [-0.3, -0.25) is 20.2 Å². The van der Waals surface area contributed by atoms with Gasteiger partial charge in [0.1, 0.15) is 23.0 Å². The Labute approximate surface area is 368 Å². The van der Waals surface area contributed by atoms with E-state index >= 15 is 0 Å². The Balaban J connectivity index is 1.47. The van der Waals surface area contributed by atoms with Crippen molar-refractivity contribution in [3.05, 3.63) is 162 Å². The molecule has 0 aliphatic rings. The van der Waals surface area contributed by atoms with E-state index in [0.717, 1.165) is 72.8 Å². The fourth-order valence-corrected chi connectivity index (χ4v) is 8.83. The Hall–Kier alpha value is -5.84. The zero-order valence-electron chi connectivity index (χ0n) is 30.8. The third-order valence-corrected chi connectivity index (χ3v) is 11.8. The van der Waals surface area contributed by atoms with Gasteiger partial charge in [-0.05, 0) is 84.9 Å². The summed E-state index contributed by atoms with van der Waals surface area (Å²) in [6.07, 6.45) is -20.1. The van der Waals surface area contributed by atoms with Gasteiger partial charge in [-0.15, -0.1) is 0 Å². The summed E-state index contributed by atoms with van der Waals surface area (Å²) in [7, 11) is 0.728. The summed E-state index contributed by atoms with van der Waals surface area (Å²) in [5, 5.41) is 23.3. The van der Waals surface area contributed by atoms with Crippen LogP contribution in [0.5, 0.6) is 23.0 Å². The first-order valence-electron chi connectivity index (χ1n) is 17.2. The van der Waals surface area contributed by atoms with Gasteiger partial charge < -0.3 is 9.47 Å². The smallest absolute Gasteiger partial charge is 0.417 e. The molecule has 0 saturated carbocycles. The maximum Gasteiger partial charge on any atom is 0.417 e. The zero-order chi connectivity index (χ0) is 47.1. The number of halogens is 14. The molecular weight excluding hydrogens is 967 g/mol. The normalized spacial score (nSPS) is 12.3. The second-order valence-corrected chi connectivity index (χ2v) is 15.9. The standard InChI is InChI=1S/C40H18Cl2F12N2O6S2/c41-27-15-19(37(43,44)45)7-13-31(27)61-21-9-11-29(55(57)58)23(17-21)35-25(39(49,50)51)3-1-5-33(35)63-64-34-6-2-4-26(40(52,53)54)36(34)24-18-22(10-12-30(24)56(59)60)62-32-14-8-20(16-28(32)42)38(46,47)48/h1-18H. The van der Waals surface area contributed by atoms with Crippen LogP contribution in [0.1, 0.15) is 22.3 Å². The second kappa shape index (κ2) is 18.0. The van der Waals surface area contributed by atoms with Crippen molar-refractivity contribution in [3.63, 3.8) is 0 Å². The molecule has 6 aromatic rings. The summed E-state index contributed by atoms with van der Waals surface area (Å²) >= 11 is 12.0. The number of rotatable bonds is 11. The molecule has 0 aromatic heterocycles. The number of benzene rings is 6. The van der Waals surface area contributed by atoms with Crippen molar-refractivity contribution in [1.82, 2.24) is 0 Å². The highest BCUT2D eigenvalue weighted by atomic mass is 35.5. The van der Waals surface area contributed by atoms with Gasteiger partial charge in [0.2, 0.25) is 0 Å². The van der Waals surface area contributed by atoms with E-state index in [1.165, 1.54) is 0 Å². The minimum atomic E-state index is -5.24. The molecule has 0 saturated heterocycles. The van der Waals surface area contributed by atoms with E-state index in [4.69, 9.17) is 32.7 Å². The first kappa shape index (κ1) is 47.6. The van der Waals surface area contributed by atoms with Gasteiger partial charge in [-0.25, -0.2) is 0 Å². The van der Waals surface area contributed by atoms with Crippen molar-refractivity contribution in [2.75, 3.05) is 0 Å². The lowest BCUT2D eigenvalue weighted by Gasteiger charge is -2.20. The van der Waals surface area contributed by atoms with Crippen LogP contribution in [0.25, 0.3) is 22.3 Å². The SMILES string of the molecule is O=[N+]([O-])c1ccc(Oc2ccc(C(F)(F)F)cc2Cl)cc1-c1c(SSc2cccc(C(F)(F)F)c2-c2cc(Oc3ccc(C(F)(F)F)cc3Cl)ccc2[N+](=O)[O-])cccc1C(F)(F)F. The highest BCUT2D eigenvalue weighted by Crippen LogP contribution is 2.54. The van der Waals surface area contributed by atoms with Gasteiger partial charge in [-0.2, -0.15) is 52.7 Å². The average molecular weight is 986 g/mol. The Kier molecular flexibility index (Phi) is 13.4. The average Bonchev–Trinajstić information content (AvgIpc) is 3.19. The van der Waals surface area contributed by atoms with Crippen molar-refractivity contribution in [3.8, 4) is 45.3 Å². The van der Waals surface area contributed by atoms with Crippen LogP contribution in [0, 0.1) is 20.2 Å². The third kappa shape index (κ3) is 10.6. The van der Waals surface area contributed by atoms with E-state index in [9.17, 15) is 72.9 Å². The van der Waals surface area contributed by atoms with Crippen LogP contribution in [0.15, 0.2) is 119 Å². The van der Waals surface area contributed by atoms with Crippen LogP contribution < -0.4 is 9.47 Å². The lowest BCUT2D eigenvalue weighted by Crippen LogP contribution is -2.09. The molecule has 0 atom stereocenters. The minimum absolute atomic E-state index is 0.364. The fraction of sp³-hybridized carbons (Fsp3) is 0.100. The number of alkyl halides is 12. The highest BCUT2D eigenvalue weighted by Gasteiger charge is 2.39. The number of hydrogen-bond donors (Lipinski definition) is 0. The molecule has 0 fully saturated rings.